The molecule has 0 fully saturated rings. The van der Waals surface area contributed by atoms with Gasteiger partial charge in [-0.1, -0.05) is 18.3 Å². The van der Waals surface area contributed by atoms with Crippen molar-refractivity contribution in [3.8, 4) is 0 Å². The minimum Gasteiger partial charge on any atom is -0.256 e. The molecule has 1 heterocycles. The summed E-state index contributed by atoms with van der Waals surface area (Å²) >= 11 is 5.07. The van der Waals surface area contributed by atoms with E-state index in [4.69, 9.17) is 12.2 Å². The van der Waals surface area contributed by atoms with Crippen molar-refractivity contribution in [2.45, 2.75) is 0 Å². The van der Waals surface area contributed by atoms with Crippen molar-refractivity contribution < 1.29 is 0 Å². The van der Waals surface area contributed by atoms with Gasteiger partial charge in [0.05, 0.1) is 5.70 Å². The molecular formula is C8H5NS. The van der Waals surface area contributed by atoms with Crippen LogP contribution in [-0.4, -0.2) is 11.1 Å². The molecule has 0 aromatic heterocycles. The highest BCUT2D eigenvalue weighted by atomic mass is 32.1. The predicted octanol–water partition coefficient (Wildman–Crippen LogP) is 1.82. The SMILES string of the molecule is S=C1C=CC=C2N=CC=C12. The lowest BCUT2D eigenvalue weighted by molar-refractivity contribution is 1.42. The predicted molar refractivity (Wildman–Crippen MR) is 46.4 cm³/mol. The van der Waals surface area contributed by atoms with Crippen molar-refractivity contribution in [3.63, 3.8) is 0 Å². The van der Waals surface area contributed by atoms with Gasteiger partial charge in [-0.15, -0.1) is 0 Å². The number of fused-ring (bicyclic) bond motifs is 1. The van der Waals surface area contributed by atoms with Crippen LogP contribution in [-0.2, 0) is 0 Å². The van der Waals surface area contributed by atoms with E-state index in [-0.39, 0.29) is 0 Å². The first kappa shape index (κ1) is 5.74. The lowest BCUT2D eigenvalue weighted by Crippen LogP contribution is -1.98. The molecule has 0 aromatic carbocycles. The van der Waals surface area contributed by atoms with E-state index >= 15 is 0 Å². The highest BCUT2D eigenvalue weighted by Crippen LogP contribution is 2.21. The van der Waals surface area contributed by atoms with Crippen molar-refractivity contribution in [1.82, 2.24) is 0 Å². The fourth-order valence-corrected chi connectivity index (χ4v) is 1.26. The smallest absolute Gasteiger partial charge is 0.0717 e. The molecule has 0 radical (unpaired) electrons. The Morgan fingerprint density at radius 1 is 1.30 bits per heavy atom. The van der Waals surface area contributed by atoms with E-state index in [9.17, 15) is 0 Å². The Labute approximate surface area is 64.5 Å². The normalized spacial score (nSPS) is 20.6. The zero-order valence-corrected chi connectivity index (χ0v) is 6.06. The monoisotopic (exact) mass is 147 g/mol. The second-order valence-electron chi connectivity index (χ2n) is 2.13. The molecule has 48 valence electrons. The van der Waals surface area contributed by atoms with Gasteiger partial charge in [0.2, 0.25) is 0 Å². The average Bonchev–Trinajstić information content (AvgIpc) is 2.36. The van der Waals surface area contributed by atoms with Gasteiger partial charge in [-0.25, -0.2) is 0 Å². The van der Waals surface area contributed by atoms with Crippen LogP contribution in [0.25, 0.3) is 0 Å². The first-order valence-corrected chi connectivity index (χ1v) is 3.46. The molecule has 1 aliphatic heterocycles. The third kappa shape index (κ3) is 0.693. The minimum atomic E-state index is 0.884. The molecular weight excluding hydrogens is 142 g/mol. The summed E-state index contributed by atoms with van der Waals surface area (Å²) in [7, 11) is 0. The Bertz CT molecular complexity index is 299. The zero-order valence-electron chi connectivity index (χ0n) is 5.24. The lowest BCUT2D eigenvalue weighted by atomic mass is 10.1. The third-order valence-electron chi connectivity index (χ3n) is 1.50. The van der Waals surface area contributed by atoms with E-state index in [0.29, 0.717) is 0 Å². The molecule has 0 saturated carbocycles. The fraction of sp³-hybridized carbons (Fsp3) is 0. The van der Waals surface area contributed by atoms with Gasteiger partial charge < -0.3 is 0 Å². The number of aliphatic imine (C=N–C) groups is 1. The highest BCUT2D eigenvalue weighted by Gasteiger charge is 2.12. The average molecular weight is 147 g/mol. The molecule has 0 atom stereocenters. The molecule has 2 rings (SSSR count). The summed E-state index contributed by atoms with van der Waals surface area (Å²) < 4.78 is 0. The Hall–Kier alpha value is -1.02. The maximum Gasteiger partial charge on any atom is 0.0717 e. The van der Waals surface area contributed by atoms with Crippen LogP contribution in [0.3, 0.4) is 0 Å². The molecule has 0 spiro atoms. The summed E-state index contributed by atoms with van der Waals surface area (Å²) in [6.45, 7) is 0. The van der Waals surface area contributed by atoms with Crippen LogP contribution in [0.2, 0.25) is 0 Å². The van der Waals surface area contributed by atoms with Crippen LogP contribution in [0, 0.1) is 0 Å². The van der Waals surface area contributed by atoms with Crippen LogP contribution in [0.5, 0.6) is 0 Å². The molecule has 0 saturated heterocycles. The number of rotatable bonds is 0. The zero-order chi connectivity index (χ0) is 6.97. The minimum absolute atomic E-state index is 0.884. The maximum absolute atomic E-state index is 5.07. The summed E-state index contributed by atoms with van der Waals surface area (Å²) in [5.74, 6) is 0. The van der Waals surface area contributed by atoms with E-state index in [0.717, 1.165) is 16.1 Å². The number of thiocarbonyl (C=S) groups is 1. The highest BCUT2D eigenvalue weighted by molar-refractivity contribution is 7.81. The Morgan fingerprint density at radius 2 is 2.20 bits per heavy atom. The topological polar surface area (TPSA) is 12.4 Å². The first-order valence-electron chi connectivity index (χ1n) is 3.05. The number of hydrogen-bond donors (Lipinski definition) is 0. The molecule has 0 aromatic rings. The van der Waals surface area contributed by atoms with Crippen LogP contribution in [0.4, 0.5) is 0 Å². The van der Waals surface area contributed by atoms with Gasteiger partial charge in [0.1, 0.15) is 0 Å². The van der Waals surface area contributed by atoms with Crippen molar-refractivity contribution in [1.29, 1.82) is 0 Å². The third-order valence-corrected chi connectivity index (χ3v) is 1.85. The number of hydrogen-bond acceptors (Lipinski definition) is 2. The summed E-state index contributed by atoms with van der Waals surface area (Å²) in [5.41, 5.74) is 2.07. The van der Waals surface area contributed by atoms with Crippen molar-refractivity contribution in [2.75, 3.05) is 0 Å². The van der Waals surface area contributed by atoms with E-state index in [2.05, 4.69) is 4.99 Å². The van der Waals surface area contributed by atoms with E-state index < -0.39 is 0 Å². The quantitative estimate of drug-likeness (QED) is 0.476. The Balaban J connectivity index is 2.54. The fourth-order valence-electron chi connectivity index (χ4n) is 1.00. The second kappa shape index (κ2) is 1.99. The van der Waals surface area contributed by atoms with E-state index in [1.54, 1.807) is 6.21 Å². The van der Waals surface area contributed by atoms with Crippen molar-refractivity contribution in [2.24, 2.45) is 4.99 Å². The Morgan fingerprint density at radius 3 is 3.00 bits per heavy atom. The van der Waals surface area contributed by atoms with Crippen molar-refractivity contribution in [3.05, 3.63) is 35.6 Å². The maximum atomic E-state index is 5.07. The summed E-state index contributed by atoms with van der Waals surface area (Å²) in [4.78, 5) is 5.00. The van der Waals surface area contributed by atoms with Crippen LogP contribution < -0.4 is 0 Å². The molecule has 0 N–H and O–H groups in total. The Kier molecular flexibility index (Phi) is 1.14. The molecule has 2 aliphatic rings. The molecule has 0 amide bonds. The standard InChI is InChI=1S/C8H5NS/c10-8-3-1-2-7-6(8)4-5-9-7/h1-5H. The van der Waals surface area contributed by atoms with Gasteiger partial charge in [0.15, 0.2) is 0 Å². The summed E-state index contributed by atoms with van der Waals surface area (Å²) in [5, 5.41) is 0. The number of allylic oxidation sites excluding steroid dienone is 5. The van der Waals surface area contributed by atoms with Gasteiger partial charge in [-0.3, -0.25) is 4.99 Å². The summed E-state index contributed by atoms with van der Waals surface area (Å²) in [6.07, 6.45) is 9.53. The lowest BCUT2D eigenvalue weighted by Gasteiger charge is -2.04. The largest absolute Gasteiger partial charge is 0.256 e. The van der Waals surface area contributed by atoms with Gasteiger partial charge >= 0.3 is 0 Å². The van der Waals surface area contributed by atoms with Crippen LogP contribution in [0.15, 0.2) is 40.6 Å². The molecule has 10 heavy (non-hydrogen) atoms. The van der Waals surface area contributed by atoms with Gasteiger partial charge in [-0.05, 0) is 18.2 Å². The molecule has 1 nitrogen and oxygen atoms in total. The van der Waals surface area contributed by atoms with Gasteiger partial charge in [0.25, 0.3) is 0 Å². The van der Waals surface area contributed by atoms with E-state index in [1.807, 2.05) is 24.3 Å². The molecule has 0 unspecified atom stereocenters. The van der Waals surface area contributed by atoms with Gasteiger partial charge in [-0.2, -0.15) is 0 Å². The van der Waals surface area contributed by atoms with Gasteiger partial charge in [0, 0.05) is 16.7 Å². The van der Waals surface area contributed by atoms with Crippen LogP contribution >= 0.6 is 12.2 Å². The first-order chi connectivity index (χ1) is 4.88. The molecule has 0 bridgehead atoms. The number of nitrogens with zero attached hydrogens (tertiary/aromatic N) is 1. The van der Waals surface area contributed by atoms with Crippen molar-refractivity contribution >= 4 is 23.3 Å². The second-order valence-corrected chi connectivity index (χ2v) is 2.57. The molecule has 2 heteroatoms. The summed E-state index contributed by atoms with van der Waals surface area (Å²) in [6, 6.07) is 0. The molecule has 1 aliphatic carbocycles. The van der Waals surface area contributed by atoms with Crippen LogP contribution in [0.1, 0.15) is 0 Å². The van der Waals surface area contributed by atoms with E-state index in [1.165, 1.54) is 0 Å².